The Hall–Kier alpha value is -2.36. The van der Waals surface area contributed by atoms with Crippen LogP contribution in [0.25, 0.3) is 11.3 Å². The molecule has 0 radical (unpaired) electrons. The van der Waals surface area contributed by atoms with Gasteiger partial charge >= 0.3 is 0 Å². The molecule has 23 heavy (non-hydrogen) atoms. The maximum atomic E-state index is 11.4. The van der Waals surface area contributed by atoms with Crippen molar-refractivity contribution in [1.29, 1.82) is 0 Å². The summed E-state index contributed by atoms with van der Waals surface area (Å²) in [5, 5.41) is 0. The Labute approximate surface area is 138 Å². The number of nitrogens with zero attached hydrogens (tertiary/aromatic N) is 2. The molecule has 0 saturated heterocycles. The van der Waals surface area contributed by atoms with Crippen LogP contribution < -0.4 is 5.73 Å². The topological polar surface area (TPSA) is 60.9 Å². The fourth-order valence-corrected chi connectivity index (χ4v) is 2.78. The van der Waals surface area contributed by atoms with Gasteiger partial charge < -0.3 is 10.3 Å². The van der Waals surface area contributed by atoms with Gasteiger partial charge in [0.25, 0.3) is 0 Å². The van der Waals surface area contributed by atoms with Crippen LogP contribution >= 0.6 is 0 Å². The molecule has 122 valence electrons. The molecule has 0 saturated carbocycles. The van der Waals surface area contributed by atoms with Gasteiger partial charge in [-0.1, -0.05) is 48.9 Å². The SMILES string of the molecule is CC(C)=CCC[C@@H](C)c1c(-c2ccccc2)ncn1CC(N)=O. The van der Waals surface area contributed by atoms with E-state index in [0.29, 0.717) is 5.92 Å². The van der Waals surface area contributed by atoms with E-state index in [0.717, 1.165) is 29.8 Å². The summed E-state index contributed by atoms with van der Waals surface area (Å²) in [4.78, 5) is 15.9. The average Bonchev–Trinajstić information content (AvgIpc) is 2.90. The van der Waals surface area contributed by atoms with Gasteiger partial charge in [-0.2, -0.15) is 0 Å². The quantitative estimate of drug-likeness (QED) is 0.789. The first kappa shape index (κ1) is 17.0. The Morgan fingerprint density at radius 3 is 2.61 bits per heavy atom. The van der Waals surface area contributed by atoms with Crippen molar-refractivity contribution >= 4 is 5.91 Å². The van der Waals surface area contributed by atoms with Crippen LogP contribution in [-0.4, -0.2) is 15.5 Å². The maximum Gasteiger partial charge on any atom is 0.237 e. The summed E-state index contributed by atoms with van der Waals surface area (Å²) in [7, 11) is 0. The minimum absolute atomic E-state index is 0.169. The van der Waals surface area contributed by atoms with Crippen LogP contribution in [0.3, 0.4) is 0 Å². The first-order valence-electron chi connectivity index (χ1n) is 8.01. The Morgan fingerprint density at radius 2 is 2.00 bits per heavy atom. The van der Waals surface area contributed by atoms with Gasteiger partial charge in [0.1, 0.15) is 6.54 Å². The van der Waals surface area contributed by atoms with Crippen molar-refractivity contribution in [2.45, 2.75) is 46.1 Å². The summed E-state index contributed by atoms with van der Waals surface area (Å²) in [6.07, 6.45) is 5.99. The molecular formula is C19H25N3O. The molecule has 1 amide bonds. The number of imidazole rings is 1. The molecule has 0 aliphatic carbocycles. The molecule has 2 rings (SSSR count). The molecule has 0 fully saturated rings. The first-order chi connectivity index (χ1) is 11.0. The van der Waals surface area contributed by atoms with Gasteiger partial charge in [0.15, 0.2) is 0 Å². The predicted molar refractivity (Wildman–Crippen MR) is 93.9 cm³/mol. The third kappa shape index (κ3) is 4.55. The van der Waals surface area contributed by atoms with E-state index in [1.54, 1.807) is 6.33 Å². The Balaban J connectivity index is 2.34. The standard InChI is InChI=1S/C19H25N3O/c1-14(2)8-7-9-15(3)19-18(16-10-5-4-6-11-16)21-13-22(19)12-17(20)23/h4-6,8,10-11,13,15H,7,9,12H2,1-3H3,(H2,20,23)/t15-/m1/s1. The molecule has 0 bridgehead atoms. The number of allylic oxidation sites excluding steroid dienone is 2. The van der Waals surface area contributed by atoms with E-state index < -0.39 is 0 Å². The average molecular weight is 311 g/mol. The normalized spacial score (nSPS) is 12.0. The Bertz CT molecular complexity index is 682. The lowest BCUT2D eigenvalue weighted by Crippen LogP contribution is -2.20. The van der Waals surface area contributed by atoms with Gasteiger partial charge in [0.2, 0.25) is 5.91 Å². The van der Waals surface area contributed by atoms with Gasteiger partial charge in [0.05, 0.1) is 12.0 Å². The van der Waals surface area contributed by atoms with Crippen LogP contribution in [0.1, 0.15) is 45.2 Å². The molecule has 0 unspecified atom stereocenters. The van der Waals surface area contributed by atoms with E-state index in [1.807, 2.05) is 34.9 Å². The van der Waals surface area contributed by atoms with Crippen molar-refractivity contribution in [2.75, 3.05) is 0 Å². The van der Waals surface area contributed by atoms with E-state index >= 15 is 0 Å². The van der Waals surface area contributed by atoms with Crippen LogP contribution in [0, 0.1) is 0 Å². The number of primary amides is 1. The van der Waals surface area contributed by atoms with E-state index in [-0.39, 0.29) is 12.5 Å². The van der Waals surface area contributed by atoms with Gasteiger partial charge in [-0.05, 0) is 32.6 Å². The molecule has 1 aromatic carbocycles. The molecular weight excluding hydrogens is 286 g/mol. The lowest BCUT2D eigenvalue weighted by Gasteiger charge is -2.16. The molecule has 1 atom stereocenters. The second-order valence-corrected chi connectivity index (χ2v) is 6.20. The van der Waals surface area contributed by atoms with Crippen molar-refractivity contribution in [1.82, 2.24) is 9.55 Å². The van der Waals surface area contributed by atoms with Crippen molar-refractivity contribution < 1.29 is 4.79 Å². The summed E-state index contributed by atoms with van der Waals surface area (Å²) in [6.45, 7) is 6.57. The van der Waals surface area contributed by atoms with Gasteiger partial charge in [-0.25, -0.2) is 4.98 Å². The number of rotatable bonds is 7. The van der Waals surface area contributed by atoms with Crippen LogP contribution in [0.5, 0.6) is 0 Å². The highest BCUT2D eigenvalue weighted by molar-refractivity contribution is 5.74. The number of aromatic nitrogens is 2. The van der Waals surface area contributed by atoms with Crippen molar-refractivity contribution in [3.63, 3.8) is 0 Å². The first-order valence-corrected chi connectivity index (χ1v) is 8.01. The molecule has 0 spiro atoms. The van der Waals surface area contributed by atoms with Gasteiger partial charge in [-0.3, -0.25) is 4.79 Å². The molecule has 1 aromatic heterocycles. The van der Waals surface area contributed by atoms with E-state index in [1.165, 1.54) is 5.57 Å². The minimum Gasteiger partial charge on any atom is -0.368 e. The Kier molecular flexibility index (Phi) is 5.74. The monoisotopic (exact) mass is 311 g/mol. The third-order valence-corrected chi connectivity index (χ3v) is 3.87. The summed E-state index contributed by atoms with van der Waals surface area (Å²) in [5.74, 6) is -0.0533. The zero-order valence-corrected chi connectivity index (χ0v) is 14.1. The number of nitrogens with two attached hydrogens (primary N) is 1. The molecule has 4 heteroatoms. The van der Waals surface area contributed by atoms with Gasteiger partial charge in [0, 0.05) is 11.3 Å². The fraction of sp³-hybridized carbons (Fsp3) is 0.368. The largest absolute Gasteiger partial charge is 0.368 e. The summed E-state index contributed by atoms with van der Waals surface area (Å²) in [6, 6.07) is 10.1. The molecule has 2 N–H and O–H groups in total. The van der Waals surface area contributed by atoms with Crippen molar-refractivity contribution in [3.05, 3.63) is 54.0 Å². The number of carbonyl (C=O) groups excluding carboxylic acids is 1. The lowest BCUT2D eigenvalue weighted by molar-refractivity contribution is -0.118. The molecule has 0 aliphatic rings. The highest BCUT2D eigenvalue weighted by atomic mass is 16.1. The molecule has 2 aromatic rings. The van der Waals surface area contributed by atoms with Crippen LogP contribution in [-0.2, 0) is 11.3 Å². The van der Waals surface area contributed by atoms with E-state index in [2.05, 4.69) is 31.8 Å². The number of benzene rings is 1. The zero-order valence-electron chi connectivity index (χ0n) is 14.1. The second kappa shape index (κ2) is 7.77. The van der Waals surface area contributed by atoms with Crippen molar-refractivity contribution in [2.24, 2.45) is 5.73 Å². The number of hydrogen-bond donors (Lipinski definition) is 1. The third-order valence-electron chi connectivity index (χ3n) is 3.87. The fourth-order valence-electron chi connectivity index (χ4n) is 2.78. The Morgan fingerprint density at radius 1 is 1.30 bits per heavy atom. The lowest BCUT2D eigenvalue weighted by atomic mass is 9.96. The molecule has 1 heterocycles. The van der Waals surface area contributed by atoms with Crippen LogP contribution in [0.4, 0.5) is 0 Å². The molecule has 4 nitrogen and oxygen atoms in total. The summed E-state index contributed by atoms with van der Waals surface area (Å²) in [5.41, 5.74) is 9.80. The smallest absolute Gasteiger partial charge is 0.237 e. The van der Waals surface area contributed by atoms with E-state index in [9.17, 15) is 4.79 Å². The van der Waals surface area contributed by atoms with Gasteiger partial charge in [-0.15, -0.1) is 0 Å². The van der Waals surface area contributed by atoms with Crippen LogP contribution in [0.2, 0.25) is 0 Å². The number of amides is 1. The highest BCUT2D eigenvalue weighted by Gasteiger charge is 2.19. The predicted octanol–water partition coefficient (Wildman–Crippen LogP) is 3.89. The van der Waals surface area contributed by atoms with E-state index in [4.69, 9.17) is 5.73 Å². The molecule has 0 aliphatic heterocycles. The second-order valence-electron chi connectivity index (χ2n) is 6.20. The van der Waals surface area contributed by atoms with Crippen molar-refractivity contribution in [3.8, 4) is 11.3 Å². The summed E-state index contributed by atoms with van der Waals surface area (Å²) >= 11 is 0. The number of carbonyl (C=O) groups is 1. The zero-order chi connectivity index (χ0) is 16.8. The maximum absolute atomic E-state index is 11.4. The number of hydrogen-bond acceptors (Lipinski definition) is 2. The van der Waals surface area contributed by atoms with Crippen LogP contribution in [0.15, 0.2) is 48.3 Å². The highest BCUT2D eigenvalue weighted by Crippen LogP contribution is 2.31. The minimum atomic E-state index is -0.347. The summed E-state index contributed by atoms with van der Waals surface area (Å²) < 4.78 is 1.89.